The standard InChI is InChI=1S/C27H27N3OPS/c1-33(2,31)30-32(25-19-11-5-12-20-25,26-21-13-6-14-22-26)27(23-15-7-3-8-16-23)29-28-24-17-9-4-10-18-24/h3-22,28H,1-2H3/q+1/b29-27+. The molecule has 166 valence electrons. The fourth-order valence-electron chi connectivity index (χ4n) is 3.65. The van der Waals surface area contributed by atoms with Gasteiger partial charge in [-0.2, -0.15) is 0 Å². The number of hydrogen-bond donors (Lipinski definition) is 1. The maximum atomic E-state index is 13.3. The molecular formula is C27H27N3OPS+. The first kappa shape index (κ1) is 22.9. The van der Waals surface area contributed by atoms with Crippen LogP contribution in [0.3, 0.4) is 0 Å². The highest BCUT2D eigenvalue weighted by Crippen LogP contribution is 2.61. The van der Waals surface area contributed by atoms with E-state index in [1.165, 1.54) is 0 Å². The molecule has 4 aromatic rings. The van der Waals surface area contributed by atoms with Crippen LogP contribution < -0.4 is 16.0 Å². The summed E-state index contributed by atoms with van der Waals surface area (Å²) in [4.78, 5) is 0. The Kier molecular flexibility index (Phi) is 7.02. The molecule has 0 unspecified atom stereocenters. The summed E-state index contributed by atoms with van der Waals surface area (Å²) in [6.45, 7) is 0. The van der Waals surface area contributed by atoms with Gasteiger partial charge in [0, 0.05) is 18.1 Å². The summed E-state index contributed by atoms with van der Waals surface area (Å²) >= 11 is 0. The first-order valence-electron chi connectivity index (χ1n) is 10.6. The van der Waals surface area contributed by atoms with Crippen molar-refractivity contribution in [3.8, 4) is 0 Å². The van der Waals surface area contributed by atoms with Crippen LogP contribution in [0, 0.1) is 0 Å². The Morgan fingerprint density at radius 3 is 1.55 bits per heavy atom. The van der Waals surface area contributed by atoms with Gasteiger partial charge in [-0.3, -0.25) is 5.43 Å². The van der Waals surface area contributed by atoms with Crippen molar-refractivity contribution in [1.82, 2.24) is 0 Å². The van der Waals surface area contributed by atoms with Gasteiger partial charge in [-0.05, 0) is 48.5 Å². The van der Waals surface area contributed by atoms with Crippen molar-refractivity contribution in [2.24, 2.45) is 9.23 Å². The molecule has 0 aliphatic heterocycles. The predicted octanol–water partition coefficient (Wildman–Crippen LogP) is 5.77. The van der Waals surface area contributed by atoms with Crippen molar-refractivity contribution in [1.29, 1.82) is 0 Å². The topological polar surface area (TPSA) is 53.8 Å². The number of benzene rings is 4. The van der Waals surface area contributed by atoms with Crippen LogP contribution in [0.2, 0.25) is 0 Å². The minimum absolute atomic E-state index is 0.778. The largest absolute Gasteiger partial charge is 0.275 e. The second-order valence-electron chi connectivity index (χ2n) is 7.85. The first-order chi connectivity index (χ1) is 16.0. The van der Waals surface area contributed by atoms with Crippen LogP contribution in [0.25, 0.3) is 0 Å². The van der Waals surface area contributed by atoms with Gasteiger partial charge in [0.1, 0.15) is 10.6 Å². The lowest BCUT2D eigenvalue weighted by Crippen LogP contribution is -2.29. The first-order valence-corrected chi connectivity index (χ1v) is 14.7. The normalized spacial score (nSPS) is 12.2. The van der Waals surface area contributed by atoms with Gasteiger partial charge in [-0.1, -0.05) is 76.9 Å². The molecule has 0 bridgehead atoms. The molecule has 4 aromatic carbocycles. The summed E-state index contributed by atoms with van der Waals surface area (Å²) in [6, 6.07) is 40.1. The van der Waals surface area contributed by atoms with Crippen molar-refractivity contribution in [3.63, 3.8) is 0 Å². The maximum Gasteiger partial charge on any atom is 0.261 e. The summed E-state index contributed by atoms with van der Waals surface area (Å²) < 4.78 is 18.5. The third-order valence-electron chi connectivity index (χ3n) is 4.98. The Bertz CT molecular complexity index is 1290. The van der Waals surface area contributed by atoms with Gasteiger partial charge in [-0.25, -0.2) is 4.21 Å². The number of rotatable bonds is 7. The smallest absolute Gasteiger partial charge is 0.261 e. The van der Waals surface area contributed by atoms with E-state index < -0.39 is 17.1 Å². The van der Waals surface area contributed by atoms with Gasteiger partial charge in [0.25, 0.3) is 7.41 Å². The number of hydrazone groups is 1. The SMILES string of the molecule is CS(C)(=O)=N[P+](/C(=N/Nc1ccccc1)c1ccccc1)(c1ccccc1)c1ccccc1. The Balaban J connectivity index is 2.09. The highest BCUT2D eigenvalue weighted by Gasteiger charge is 2.52. The number of nitrogens with zero attached hydrogens (tertiary/aromatic N) is 2. The molecule has 6 heteroatoms. The Morgan fingerprint density at radius 1 is 0.667 bits per heavy atom. The quantitative estimate of drug-likeness (QED) is 0.211. The summed E-state index contributed by atoms with van der Waals surface area (Å²) in [5.74, 6) is 0. The van der Waals surface area contributed by atoms with E-state index in [1.807, 2.05) is 97.1 Å². The fourth-order valence-corrected chi connectivity index (χ4v) is 9.79. The van der Waals surface area contributed by atoms with Crippen LogP contribution >= 0.6 is 7.41 Å². The van der Waals surface area contributed by atoms with E-state index in [2.05, 4.69) is 29.7 Å². The predicted molar refractivity (Wildman–Crippen MR) is 145 cm³/mol. The lowest BCUT2D eigenvalue weighted by Gasteiger charge is -2.23. The van der Waals surface area contributed by atoms with E-state index in [0.29, 0.717) is 0 Å². The molecule has 1 N–H and O–H groups in total. The molecule has 0 amide bonds. The van der Waals surface area contributed by atoms with Crippen LogP contribution in [0.4, 0.5) is 5.69 Å². The molecule has 4 rings (SSSR count). The molecule has 0 radical (unpaired) electrons. The van der Waals surface area contributed by atoms with Gasteiger partial charge in [0.15, 0.2) is 0 Å². The summed E-state index contributed by atoms with van der Waals surface area (Å²) in [5.41, 5.74) is 5.83. The van der Waals surface area contributed by atoms with Gasteiger partial charge < -0.3 is 0 Å². The van der Waals surface area contributed by atoms with Gasteiger partial charge >= 0.3 is 0 Å². The monoisotopic (exact) mass is 472 g/mol. The molecule has 0 aromatic heterocycles. The number of anilines is 1. The highest BCUT2D eigenvalue weighted by molar-refractivity contribution is 8.08. The Labute approximate surface area is 197 Å². The Morgan fingerprint density at radius 2 is 1.09 bits per heavy atom. The highest BCUT2D eigenvalue weighted by atomic mass is 32.2. The van der Waals surface area contributed by atoms with Crippen molar-refractivity contribution < 1.29 is 4.21 Å². The molecular weight excluding hydrogens is 445 g/mol. The van der Waals surface area contributed by atoms with Crippen LogP contribution in [0.15, 0.2) is 131 Å². The molecule has 0 fully saturated rings. The van der Waals surface area contributed by atoms with Gasteiger partial charge in [0.05, 0.1) is 15.4 Å². The van der Waals surface area contributed by atoms with Crippen LogP contribution in [0.5, 0.6) is 0 Å². The second-order valence-corrected chi connectivity index (χ2v) is 13.6. The summed E-state index contributed by atoms with van der Waals surface area (Å²) in [6.07, 6.45) is 3.39. The molecule has 0 saturated heterocycles. The zero-order chi connectivity index (χ0) is 23.2. The molecule has 33 heavy (non-hydrogen) atoms. The maximum absolute atomic E-state index is 13.3. The molecule has 0 aliphatic carbocycles. The zero-order valence-electron chi connectivity index (χ0n) is 18.7. The van der Waals surface area contributed by atoms with E-state index in [9.17, 15) is 4.21 Å². The molecule has 0 aliphatic rings. The van der Waals surface area contributed by atoms with Crippen LogP contribution in [-0.4, -0.2) is 22.2 Å². The summed E-state index contributed by atoms with van der Waals surface area (Å²) in [5, 5.41) is 6.98. The average Bonchev–Trinajstić information content (AvgIpc) is 2.85. The summed E-state index contributed by atoms with van der Waals surface area (Å²) in [7, 11) is -5.25. The van der Waals surface area contributed by atoms with Crippen molar-refractivity contribution in [2.45, 2.75) is 0 Å². The molecule has 0 spiro atoms. The number of para-hydroxylation sites is 1. The molecule has 0 saturated carbocycles. The average molecular weight is 473 g/mol. The third-order valence-corrected chi connectivity index (χ3v) is 10.6. The van der Waals surface area contributed by atoms with Gasteiger partial charge in [0.2, 0.25) is 5.45 Å². The van der Waals surface area contributed by atoms with E-state index >= 15 is 0 Å². The zero-order valence-corrected chi connectivity index (χ0v) is 20.4. The van der Waals surface area contributed by atoms with Crippen molar-refractivity contribution in [3.05, 3.63) is 127 Å². The minimum atomic E-state index is -2.75. The minimum Gasteiger partial charge on any atom is -0.275 e. The lowest BCUT2D eigenvalue weighted by atomic mass is 10.2. The van der Waals surface area contributed by atoms with Gasteiger partial charge in [-0.15, -0.1) is 5.10 Å². The van der Waals surface area contributed by atoms with Crippen molar-refractivity contribution in [2.75, 3.05) is 17.9 Å². The van der Waals surface area contributed by atoms with Crippen LogP contribution in [-0.2, 0) is 9.73 Å². The lowest BCUT2D eigenvalue weighted by molar-refractivity contribution is 0.685. The Hall–Kier alpha value is -3.27. The third kappa shape index (κ3) is 5.39. The van der Waals surface area contributed by atoms with E-state index in [4.69, 9.17) is 9.23 Å². The number of nitrogens with one attached hydrogen (secondary N) is 1. The molecule has 0 heterocycles. The fraction of sp³-hybridized carbons (Fsp3) is 0.0741. The second kappa shape index (κ2) is 10.1. The van der Waals surface area contributed by atoms with Crippen LogP contribution in [0.1, 0.15) is 5.56 Å². The number of hydrogen-bond acceptors (Lipinski definition) is 4. The molecule has 0 atom stereocenters. The van der Waals surface area contributed by atoms with E-state index in [-0.39, 0.29) is 0 Å². The molecule has 4 nitrogen and oxygen atoms in total. The van der Waals surface area contributed by atoms with Crippen molar-refractivity contribution >= 4 is 38.9 Å². The van der Waals surface area contributed by atoms with E-state index in [0.717, 1.165) is 27.3 Å². The van der Waals surface area contributed by atoms with E-state index in [1.54, 1.807) is 12.5 Å².